The van der Waals surface area contributed by atoms with Crippen LogP contribution < -0.4 is 10.1 Å². The Labute approximate surface area is 152 Å². The lowest BCUT2D eigenvalue weighted by Gasteiger charge is -2.22. The molecule has 0 radical (unpaired) electrons. The van der Waals surface area contributed by atoms with Crippen molar-refractivity contribution in [2.75, 3.05) is 13.7 Å². The number of rotatable bonds is 5. The van der Waals surface area contributed by atoms with Crippen LogP contribution in [-0.4, -0.2) is 13.7 Å². The molecule has 112 valence electrons. The van der Waals surface area contributed by atoms with Crippen molar-refractivity contribution in [3.05, 3.63) is 60.6 Å². The molecule has 0 fully saturated rings. The zero-order valence-electron chi connectivity index (χ0n) is 11.8. The first-order valence-electron chi connectivity index (χ1n) is 6.58. The summed E-state index contributed by atoms with van der Waals surface area (Å²) in [6, 6.07) is 12.3. The van der Waals surface area contributed by atoms with Gasteiger partial charge >= 0.3 is 0 Å². The monoisotopic (exact) mass is 479 g/mol. The number of nitrogens with one attached hydrogen (secondary N) is 1. The van der Waals surface area contributed by atoms with Crippen LogP contribution in [0.25, 0.3) is 0 Å². The summed E-state index contributed by atoms with van der Waals surface area (Å²) < 4.78 is 7.63. The number of ether oxygens (including phenoxy) is 1. The van der Waals surface area contributed by atoms with Gasteiger partial charge in [-0.2, -0.15) is 0 Å². The predicted octanol–water partition coefficient (Wildman–Crippen LogP) is 5.41. The minimum atomic E-state index is 0.0367. The van der Waals surface area contributed by atoms with Crippen molar-refractivity contribution >= 4 is 50.1 Å². The fraction of sp³-hybridized carbons (Fsp3) is 0.250. The minimum absolute atomic E-state index is 0.0367. The first-order valence-corrected chi connectivity index (χ1v) is 8.83. The molecule has 1 atom stereocenters. The molecule has 2 rings (SSSR count). The van der Waals surface area contributed by atoms with Gasteiger partial charge in [0.25, 0.3) is 0 Å². The Balaban J connectivity index is 2.57. The van der Waals surface area contributed by atoms with Gasteiger partial charge in [-0.05, 0) is 74.9 Å². The topological polar surface area (TPSA) is 21.3 Å². The highest BCUT2D eigenvalue weighted by atomic mass is 127. The fourth-order valence-corrected chi connectivity index (χ4v) is 3.87. The second-order valence-corrected chi connectivity index (χ2v) is 7.09. The second-order valence-electron chi connectivity index (χ2n) is 4.56. The summed E-state index contributed by atoms with van der Waals surface area (Å²) in [7, 11) is 1.68. The second kappa shape index (κ2) is 7.81. The number of hydrogen-bond donors (Lipinski definition) is 1. The highest BCUT2D eigenvalue weighted by molar-refractivity contribution is 14.1. The Morgan fingerprint density at radius 2 is 2.10 bits per heavy atom. The first kappa shape index (κ1) is 17.1. The van der Waals surface area contributed by atoms with Gasteiger partial charge in [-0.1, -0.05) is 30.7 Å². The summed E-state index contributed by atoms with van der Waals surface area (Å²) >= 11 is 12.1. The molecule has 2 aromatic rings. The molecule has 1 unspecified atom stereocenters. The van der Waals surface area contributed by atoms with E-state index in [1.54, 1.807) is 7.11 Å². The fourth-order valence-electron chi connectivity index (χ4n) is 2.31. The van der Waals surface area contributed by atoms with Gasteiger partial charge in [0, 0.05) is 14.2 Å². The van der Waals surface area contributed by atoms with Crippen LogP contribution in [0.5, 0.6) is 5.75 Å². The maximum Gasteiger partial charge on any atom is 0.138 e. The molecule has 21 heavy (non-hydrogen) atoms. The van der Waals surface area contributed by atoms with Gasteiger partial charge in [-0.3, -0.25) is 0 Å². The first-order chi connectivity index (χ1) is 10.1. The molecule has 2 nitrogen and oxygen atoms in total. The smallest absolute Gasteiger partial charge is 0.138 e. The molecular weight excluding hydrogens is 464 g/mol. The van der Waals surface area contributed by atoms with E-state index >= 15 is 0 Å². The van der Waals surface area contributed by atoms with E-state index in [0.29, 0.717) is 5.02 Å². The number of benzene rings is 2. The van der Waals surface area contributed by atoms with Crippen molar-refractivity contribution < 1.29 is 4.74 Å². The molecule has 0 aliphatic heterocycles. The molecular formula is C16H16BrClINO. The Morgan fingerprint density at radius 1 is 1.33 bits per heavy atom. The van der Waals surface area contributed by atoms with Crippen LogP contribution in [0.3, 0.4) is 0 Å². The van der Waals surface area contributed by atoms with Gasteiger partial charge in [-0.15, -0.1) is 0 Å². The minimum Gasteiger partial charge on any atom is -0.495 e. The molecule has 0 aliphatic rings. The summed E-state index contributed by atoms with van der Waals surface area (Å²) in [6.07, 6.45) is 0. The molecule has 0 heterocycles. The Kier molecular flexibility index (Phi) is 6.34. The number of halogens is 3. The predicted molar refractivity (Wildman–Crippen MR) is 100 cm³/mol. The SMILES string of the molecule is CCNC(c1cccc(I)c1)c1cc(Cl)cc(Br)c1OC. The lowest BCUT2D eigenvalue weighted by atomic mass is 9.97. The van der Waals surface area contributed by atoms with E-state index in [4.69, 9.17) is 16.3 Å². The molecule has 0 aliphatic carbocycles. The summed E-state index contributed by atoms with van der Waals surface area (Å²) in [5, 5.41) is 4.20. The Morgan fingerprint density at radius 3 is 2.71 bits per heavy atom. The zero-order chi connectivity index (χ0) is 15.4. The van der Waals surface area contributed by atoms with Gasteiger partial charge in [-0.25, -0.2) is 0 Å². The molecule has 0 saturated heterocycles. The van der Waals surface area contributed by atoms with Crippen LogP contribution in [0.15, 0.2) is 40.9 Å². The van der Waals surface area contributed by atoms with Gasteiger partial charge < -0.3 is 10.1 Å². The summed E-state index contributed by atoms with van der Waals surface area (Å²) in [4.78, 5) is 0. The van der Waals surface area contributed by atoms with Crippen LogP contribution in [-0.2, 0) is 0 Å². The zero-order valence-corrected chi connectivity index (χ0v) is 16.3. The summed E-state index contributed by atoms with van der Waals surface area (Å²) in [5.41, 5.74) is 2.22. The maximum absolute atomic E-state index is 6.23. The molecule has 1 N–H and O–H groups in total. The molecule has 0 aromatic heterocycles. The molecule has 2 aromatic carbocycles. The summed E-state index contributed by atoms with van der Waals surface area (Å²) in [5.74, 6) is 0.809. The maximum atomic E-state index is 6.23. The van der Waals surface area contributed by atoms with Crippen molar-refractivity contribution in [3.8, 4) is 5.75 Å². The van der Waals surface area contributed by atoms with Crippen molar-refractivity contribution in [2.45, 2.75) is 13.0 Å². The highest BCUT2D eigenvalue weighted by Crippen LogP contribution is 2.38. The average molecular weight is 481 g/mol. The standard InChI is InChI=1S/C16H16BrClINO/c1-3-20-15(10-5-4-6-12(19)7-10)13-8-11(18)9-14(17)16(13)21-2/h4-9,15,20H,3H2,1-2H3. The number of methoxy groups -OCH3 is 1. The van der Waals surface area contributed by atoms with Crippen LogP contribution in [0.1, 0.15) is 24.1 Å². The van der Waals surface area contributed by atoms with Crippen molar-refractivity contribution in [2.24, 2.45) is 0 Å². The van der Waals surface area contributed by atoms with Gasteiger partial charge in [0.1, 0.15) is 5.75 Å². The Hall–Kier alpha value is -0.300. The third-order valence-electron chi connectivity index (χ3n) is 3.14. The lowest BCUT2D eigenvalue weighted by molar-refractivity contribution is 0.401. The van der Waals surface area contributed by atoms with E-state index in [1.165, 1.54) is 9.13 Å². The number of hydrogen-bond acceptors (Lipinski definition) is 2. The average Bonchev–Trinajstić information content (AvgIpc) is 2.44. The van der Waals surface area contributed by atoms with Crippen LogP contribution in [0.4, 0.5) is 0 Å². The third kappa shape index (κ3) is 4.12. The van der Waals surface area contributed by atoms with Crippen molar-refractivity contribution in [3.63, 3.8) is 0 Å². The molecule has 0 bridgehead atoms. The Bertz CT molecular complexity index is 636. The lowest BCUT2D eigenvalue weighted by Crippen LogP contribution is -2.22. The van der Waals surface area contributed by atoms with E-state index in [-0.39, 0.29) is 6.04 Å². The van der Waals surface area contributed by atoms with Crippen LogP contribution >= 0.6 is 50.1 Å². The van der Waals surface area contributed by atoms with Crippen molar-refractivity contribution in [1.29, 1.82) is 0 Å². The molecule has 0 amide bonds. The van der Waals surface area contributed by atoms with Crippen molar-refractivity contribution in [1.82, 2.24) is 5.32 Å². The van der Waals surface area contributed by atoms with Gasteiger partial charge in [0.05, 0.1) is 17.6 Å². The van der Waals surface area contributed by atoms with E-state index in [0.717, 1.165) is 22.3 Å². The highest BCUT2D eigenvalue weighted by Gasteiger charge is 2.20. The van der Waals surface area contributed by atoms with E-state index in [1.807, 2.05) is 12.1 Å². The van der Waals surface area contributed by atoms with E-state index < -0.39 is 0 Å². The van der Waals surface area contributed by atoms with Crippen LogP contribution in [0.2, 0.25) is 5.02 Å². The normalized spacial score (nSPS) is 12.2. The molecule has 5 heteroatoms. The molecule has 0 saturated carbocycles. The van der Waals surface area contributed by atoms with E-state index in [9.17, 15) is 0 Å². The van der Waals surface area contributed by atoms with Gasteiger partial charge in [0.2, 0.25) is 0 Å². The summed E-state index contributed by atoms with van der Waals surface area (Å²) in [6.45, 7) is 2.94. The van der Waals surface area contributed by atoms with Gasteiger partial charge in [0.15, 0.2) is 0 Å². The molecule has 0 spiro atoms. The quantitative estimate of drug-likeness (QED) is 0.578. The largest absolute Gasteiger partial charge is 0.495 e. The third-order valence-corrected chi connectivity index (χ3v) is 4.62. The van der Waals surface area contributed by atoms with E-state index in [2.05, 4.69) is 75.0 Å². The van der Waals surface area contributed by atoms with Crippen LogP contribution in [0, 0.1) is 3.57 Å².